The van der Waals surface area contributed by atoms with E-state index in [-0.39, 0.29) is 41.7 Å². The van der Waals surface area contributed by atoms with Gasteiger partial charge in [-0.15, -0.1) is 24.0 Å². The molecular weight excluding hydrogens is 493 g/mol. The summed E-state index contributed by atoms with van der Waals surface area (Å²) in [7, 11) is 0. The van der Waals surface area contributed by atoms with E-state index in [0.29, 0.717) is 19.8 Å². The molecule has 1 aromatic carbocycles. The lowest BCUT2D eigenvalue weighted by molar-refractivity contribution is 0.0199. The van der Waals surface area contributed by atoms with Gasteiger partial charge in [0.25, 0.3) is 0 Å². The van der Waals surface area contributed by atoms with Crippen molar-refractivity contribution >= 4 is 29.9 Å². The van der Waals surface area contributed by atoms with Crippen molar-refractivity contribution in [2.24, 2.45) is 4.99 Å². The van der Waals surface area contributed by atoms with Crippen LogP contribution in [-0.2, 0) is 9.47 Å². The first-order valence-electron chi connectivity index (χ1n) is 11.3. The van der Waals surface area contributed by atoms with Gasteiger partial charge < -0.3 is 24.8 Å². The Kier molecular flexibility index (Phi) is 9.07. The third kappa shape index (κ3) is 6.01. The summed E-state index contributed by atoms with van der Waals surface area (Å²) in [5.74, 6) is 1.87. The van der Waals surface area contributed by atoms with E-state index in [1.54, 1.807) is 0 Å². The van der Waals surface area contributed by atoms with Crippen LogP contribution < -0.4 is 15.4 Å². The first kappa shape index (κ1) is 23.6. The predicted molar refractivity (Wildman–Crippen MR) is 130 cm³/mol. The SMILES string of the molecule is CCNC(=NCCOCC1CCCO1)NC1CC2(CCCC2)Oc2ccccc21.I. The fourth-order valence-electron chi connectivity index (χ4n) is 4.77. The van der Waals surface area contributed by atoms with Gasteiger partial charge >= 0.3 is 0 Å². The number of para-hydroxylation sites is 1. The van der Waals surface area contributed by atoms with Crippen molar-refractivity contribution in [1.82, 2.24) is 10.6 Å². The van der Waals surface area contributed by atoms with Gasteiger partial charge in [0, 0.05) is 25.1 Å². The van der Waals surface area contributed by atoms with Crippen LogP contribution in [0, 0.1) is 0 Å². The van der Waals surface area contributed by atoms with E-state index >= 15 is 0 Å². The van der Waals surface area contributed by atoms with Crippen LogP contribution in [0.1, 0.15) is 63.5 Å². The maximum Gasteiger partial charge on any atom is 0.191 e. The van der Waals surface area contributed by atoms with Gasteiger partial charge in [0.2, 0.25) is 0 Å². The maximum atomic E-state index is 6.48. The lowest BCUT2D eigenvalue weighted by Gasteiger charge is -2.40. The standard InChI is InChI=1S/C23H35N3O3.HI/c1-2-24-22(25-13-15-27-17-18-8-7-14-28-18)26-20-16-23(11-5-6-12-23)29-21-10-4-3-9-19(20)21;/h3-4,9-10,18,20H,2,5-8,11-17H2,1H3,(H2,24,25,26);1H. The summed E-state index contributed by atoms with van der Waals surface area (Å²) < 4.78 is 17.8. The average molecular weight is 529 g/mol. The van der Waals surface area contributed by atoms with Gasteiger partial charge in [0.05, 0.1) is 31.9 Å². The molecule has 1 spiro atoms. The van der Waals surface area contributed by atoms with Gasteiger partial charge in [-0.25, -0.2) is 0 Å². The van der Waals surface area contributed by atoms with Gasteiger partial charge in [0.15, 0.2) is 5.96 Å². The predicted octanol–water partition coefficient (Wildman–Crippen LogP) is 4.19. The van der Waals surface area contributed by atoms with Crippen LogP contribution in [0.5, 0.6) is 5.75 Å². The molecule has 0 radical (unpaired) electrons. The van der Waals surface area contributed by atoms with E-state index in [1.165, 1.54) is 18.4 Å². The molecular formula is C23H36IN3O3. The third-order valence-corrected chi connectivity index (χ3v) is 6.20. The van der Waals surface area contributed by atoms with Gasteiger partial charge in [-0.2, -0.15) is 0 Å². The molecule has 168 valence electrons. The summed E-state index contributed by atoms with van der Waals surface area (Å²) in [6, 6.07) is 8.64. The second-order valence-corrected chi connectivity index (χ2v) is 8.40. The lowest BCUT2D eigenvalue weighted by Crippen LogP contribution is -2.46. The Hall–Kier alpha value is -1.06. The zero-order chi connectivity index (χ0) is 19.9. The molecule has 1 aromatic rings. The summed E-state index contributed by atoms with van der Waals surface area (Å²) in [5, 5.41) is 7.06. The minimum atomic E-state index is -0.0201. The quantitative estimate of drug-likeness (QED) is 0.240. The highest BCUT2D eigenvalue weighted by Crippen LogP contribution is 2.46. The number of hydrogen-bond acceptors (Lipinski definition) is 4. The molecule has 1 saturated carbocycles. The highest BCUT2D eigenvalue weighted by molar-refractivity contribution is 14.0. The van der Waals surface area contributed by atoms with E-state index in [4.69, 9.17) is 19.2 Å². The van der Waals surface area contributed by atoms with Gasteiger partial charge in [-0.1, -0.05) is 18.2 Å². The van der Waals surface area contributed by atoms with E-state index in [2.05, 4.69) is 41.8 Å². The molecule has 0 aromatic heterocycles. The van der Waals surface area contributed by atoms with Crippen molar-refractivity contribution in [3.8, 4) is 5.75 Å². The van der Waals surface area contributed by atoms with Crippen molar-refractivity contribution in [1.29, 1.82) is 0 Å². The topological polar surface area (TPSA) is 64.1 Å². The van der Waals surface area contributed by atoms with Crippen LogP contribution in [0.15, 0.2) is 29.3 Å². The van der Waals surface area contributed by atoms with Crippen LogP contribution in [0.4, 0.5) is 0 Å². The Morgan fingerprint density at radius 2 is 2.07 bits per heavy atom. The first-order chi connectivity index (χ1) is 14.3. The molecule has 2 unspecified atom stereocenters. The molecule has 0 amide bonds. The van der Waals surface area contributed by atoms with Crippen LogP contribution in [0.25, 0.3) is 0 Å². The molecule has 1 saturated heterocycles. The van der Waals surface area contributed by atoms with E-state index in [0.717, 1.165) is 57.0 Å². The largest absolute Gasteiger partial charge is 0.487 e. The average Bonchev–Trinajstić information content (AvgIpc) is 3.40. The molecule has 2 N–H and O–H groups in total. The third-order valence-electron chi connectivity index (χ3n) is 6.20. The van der Waals surface area contributed by atoms with Crippen molar-refractivity contribution < 1.29 is 14.2 Å². The van der Waals surface area contributed by atoms with Crippen molar-refractivity contribution in [3.05, 3.63) is 29.8 Å². The maximum absolute atomic E-state index is 6.48. The van der Waals surface area contributed by atoms with Crippen LogP contribution >= 0.6 is 24.0 Å². The van der Waals surface area contributed by atoms with Gasteiger partial charge in [0.1, 0.15) is 11.4 Å². The molecule has 7 heteroatoms. The van der Waals surface area contributed by atoms with E-state index < -0.39 is 0 Å². The summed E-state index contributed by atoms with van der Waals surface area (Å²) in [5.41, 5.74) is 1.21. The van der Waals surface area contributed by atoms with Crippen molar-refractivity contribution in [2.75, 3.05) is 32.9 Å². The zero-order valence-electron chi connectivity index (χ0n) is 18.0. The second kappa shape index (κ2) is 11.5. The molecule has 1 aliphatic carbocycles. The Balaban J connectivity index is 0.00000256. The molecule has 6 nitrogen and oxygen atoms in total. The van der Waals surface area contributed by atoms with Crippen molar-refractivity contribution in [2.45, 2.75) is 69.6 Å². The minimum absolute atomic E-state index is 0. The molecule has 30 heavy (non-hydrogen) atoms. The fraction of sp³-hybridized carbons (Fsp3) is 0.696. The Morgan fingerprint density at radius 3 is 2.83 bits per heavy atom. The molecule has 3 aliphatic rings. The lowest BCUT2D eigenvalue weighted by atomic mass is 9.86. The molecule has 2 fully saturated rings. The Labute approximate surface area is 197 Å². The fourth-order valence-corrected chi connectivity index (χ4v) is 4.77. The Morgan fingerprint density at radius 1 is 1.23 bits per heavy atom. The highest BCUT2D eigenvalue weighted by Gasteiger charge is 2.43. The normalized spacial score (nSPS) is 24.8. The smallest absolute Gasteiger partial charge is 0.191 e. The molecule has 4 rings (SSSR count). The summed E-state index contributed by atoms with van der Waals surface area (Å²) in [6.45, 7) is 5.73. The molecule has 2 aliphatic heterocycles. The number of halogens is 1. The van der Waals surface area contributed by atoms with E-state index in [9.17, 15) is 0 Å². The first-order valence-corrected chi connectivity index (χ1v) is 11.3. The highest BCUT2D eigenvalue weighted by atomic mass is 127. The van der Waals surface area contributed by atoms with Crippen LogP contribution in [0.2, 0.25) is 0 Å². The number of aliphatic imine (C=N–C) groups is 1. The van der Waals surface area contributed by atoms with Crippen LogP contribution in [0.3, 0.4) is 0 Å². The second-order valence-electron chi connectivity index (χ2n) is 8.40. The number of rotatable bonds is 7. The monoisotopic (exact) mass is 529 g/mol. The number of nitrogens with zero attached hydrogens (tertiary/aromatic N) is 1. The van der Waals surface area contributed by atoms with Gasteiger partial charge in [-0.3, -0.25) is 4.99 Å². The molecule has 2 heterocycles. The number of benzene rings is 1. The Bertz CT molecular complexity index is 688. The summed E-state index contributed by atoms with van der Waals surface area (Å²) >= 11 is 0. The number of guanidine groups is 1. The number of hydrogen-bond donors (Lipinski definition) is 2. The summed E-state index contributed by atoms with van der Waals surface area (Å²) in [6.07, 6.45) is 8.31. The number of nitrogens with one attached hydrogen (secondary N) is 2. The van der Waals surface area contributed by atoms with Crippen molar-refractivity contribution in [3.63, 3.8) is 0 Å². The summed E-state index contributed by atoms with van der Waals surface area (Å²) in [4.78, 5) is 4.75. The number of ether oxygens (including phenoxy) is 3. The van der Waals surface area contributed by atoms with Crippen LogP contribution in [-0.4, -0.2) is 50.6 Å². The minimum Gasteiger partial charge on any atom is -0.487 e. The van der Waals surface area contributed by atoms with E-state index in [1.807, 2.05) is 0 Å². The molecule has 2 atom stereocenters. The molecule has 0 bridgehead atoms. The van der Waals surface area contributed by atoms with Gasteiger partial charge in [-0.05, 0) is 51.5 Å². The number of fused-ring (bicyclic) bond motifs is 1. The zero-order valence-corrected chi connectivity index (χ0v) is 20.4.